The number of amides is 1. The van der Waals surface area contributed by atoms with Gasteiger partial charge in [0.2, 0.25) is 0 Å². The molecule has 0 unspecified atom stereocenters. The Bertz CT molecular complexity index is 837. The monoisotopic (exact) mass is 361 g/mol. The van der Waals surface area contributed by atoms with Crippen molar-refractivity contribution in [1.82, 2.24) is 9.80 Å². The van der Waals surface area contributed by atoms with Gasteiger partial charge in [-0.15, -0.1) is 0 Å². The predicted molar refractivity (Wildman–Crippen MR) is 112 cm³/mol. The second-order valence-corrected chi connectivity index (χ2v) is 7.43. The number of nitrogens with zero attached hydrogens (tertiary/aromatic N) is 3. The van der Waals surface area contributed by atoms with E-state index < -0.39 is 0 Å². The summed E-state index contributed by atoms with van der Waals surface area (Å²) in [7, 11) is 2.18. The minimum absolute atomic E-state index is 0.0979. The van der Waals surface area contributed by atoms with Crippen molar-refractivity contribution >= 4 is 23.7 Å². The van der Waals surface area contributed by atoms with E-state index in [2.05, 4.69) is 35.1 Å². The van der Waals surface area contributed by atoms with E-state index in [1.54, 1.807) is 0 Å². The van der Waals surface area contributed by atoms with Gasteiger partial charge < -0.3 is 14.7 Å². The van der Waals surface area contributed by atoms with Gasteiger partial charge in [0.25, 0.3) is 5.91 Å². The van der Waals surface area contributed by atoms with Gasteiger partial charge in [-0.25, -0.2) is 0 Å². The van der Waals surface area contributed by atoms with Gasteiger partial charge in [0.05, 0.1) is 5.69 Å². The largest absolute Gasteiger partial charge is 0.308 e. The lowest BCUT2D eigenvalue weighted by Crippen LogP contribution is -2.45. The first-order valence-electron chi connectivity index (χ1n) is 9.81. The summed E-state index contributed by atoms with van der Waals surface area (Å²) in [6.07, 6.45) is 5.15. The lowest BCUT2D eigenvalue weighted by Gasteiger charge is -2.33. The summed E-state index contributed by atoms with van der Waals surface area (Å²) in [5.74, 6) is 0.0979. The standard InChI is InChI=1S/C23H27N3O/c1-24-15-17-25(18-16-24)13-6-14-26-22-10-5-3-8-20(22)12-11-19-7-2-4-9-21(19)23(26)27/h2-5,7-12H,6,13-18H2,1H3/b12-11-. The lowest BCUT2D eigenvalue weighted by molar-refractivity contribution is 0.0983. The molecule has 0 radical (unpaired) electrons. The Morgan fingerprint density at radius 3 is 2.30 bits per heavy atom. The summed E-state index contributed by atoms with van der Waals surface area (Å²) in [4.78, 5) is 20.2. The van der Waals surface area contributed by atoms with Gasteiger partial charge in [0.15, 0.2) is 0 Å². The van der Waals surface area contributed by atoms with Crippen molar-refractivity contribution in [3.8, 4) is 0 Å². The van der Waals surface area contributed by atoms with E-state index in [4.69, 9.17) is 0 Å². The van der Waals surface area contributed by atoms with Crippen LogP contribution in [0.5, 0.6) is 0 Å². The van der Waals surface area contributed by atoms with Crippen LogP contribution in [-0.4, -0.2) is 62.0 Å². The molecule has 0 aromatic heterocycles. The third kappa shape index (κ3) is 3.97. The third-order valence-electron chi connectivity index (χ3n) is 5.56. The van der Waals surface area contributed by atoms with E-state index in [1.807, 2.05) is 47.4 Å². The number of hydrogen-bond donors (Lipinski definition) is 0. The third-order valence-corrected chi connectivity index (χ3v) is 5.56. The Morgan fingerprint density at radius 2 is 1.48 bits per heavy atom. The zero-order valence-electron chi connectivity index (χ0n) is 16.0. The smallest absolute Gasteiger partial charge is 0.258 e. The van der Waals surface area contributed by atoms with Crippen molar-refractivity contribution in [3.63, 3.8) is 0 Å². The first-order chi connectivity index (χ1) is 13.2. The number of carbonyl (C=O) groups excluding carboxylic acids is 1. The summed E-state index contributed by atoms with van der Waals surface area (Å²) in [6, 6.07) is 16.1. The highest BCUT2D eigenvalue weighted by atomic mass is 16.2. The lowest BCUT2D eigenvalue weighted by atomic mass is 10.0. The summed E-state index contributed by atoms with van der Waals surface area (Å²) in [5, 5.41) is 0. The highest BCUT2D eigenvalue weighted by Crippen LogP contribution is 2.28. The van der Waals surface area contributed by atoms with Gasteiger partial charge >= 0.3 is 0 Å². The zero-order valence-corrected chi connectivity index (χ0v) is 16.0. The minimum atomic E-state index is 0.0979. The van der Waals surface area contributed by atoms with Gasteiger partial charge in [-0.1, -0.05) is 48.6 Å². The van der Waals surface area contributed by atoms with Crippen molar-refractivity contribution in [2.75, 3.05) is 51.2 Å². The number of fused-ring (bicyclic) bond motifs is 2. The van der Waals surface area contributed by atoms with E-state index in [-0.39, 0.29) is 5.91 Å². The van der Waals surface area contributed by atoms with Crippen LogP contribution in [0, 0.1) is 0 Å². The first-order valence-corrected chi connectivity index (χ1v) is 9.81. The van der Waals surface area contributed by atoms with Crippen LogP contribution in [0.1, 0.15) is 27.9 Å². The van der Waals surface area contributed by atoms with Gasteiger partial charge in [-0.3, -0.25) is 4.79 Å². The molecule has 2 aromatic carbocycles. The molecular formula is C23H27N3O. The molecule has 1 fully saturated rings. The number of rotatable bonds is 4. The van der Waals surface area contributed by atoms with Crippen LogP contribution in [0.25, 0.3) is 12.2 Å². The number of piperazine rings is 1. The average Bonchev–Trinajstić information content (AvgIpc) is 2.70. The highest BCUT2D eigenvalue weighted by Gasteiger charge is 2.23. The molecule has 2 heterocycles. The summed E-state index contributed by atoms with van der Waals surface area (Å²) in [6.45, 7) is 6.27. The number of para-hydroxylation sites is 1. The van der Waals surface area contributed by atoms with Gasteiger partial charge in [-0.2, -0.15) is 0 Å². The molecule has 0 atom stereocenters. The second-order valence-electron chi connectivity index (χ2n) is 7.43. The summed E-state index contributed by atoms with van der Waals surface area (Å²) in [5.41, 5.74) is 3.87. The SMILES string of the molecule is CN1CCN(CCCN2C(=O)c3ccccc3/C=C\c3ccccc32)CC1. The topological polar surface area (TPSA) is 26.8 Å². The Balaban J connectivity index is 1.55. The van der Waals surface area contributed by atoms with E-state index in [0.29, 0.717) is 0 Å². The maximum absolute atomic E-state index is 13.3. The molecule has 27 heavy (non-hydrogen) atoms. The van der Waals surface area contributed by atoms with Crippen LogP contribution in [0.2, 0.25) is 0 Å². The van der Waals surface area contributed by atoms with Crippen LogP contribution in [-0.2, 0) is 0 Å². The number of likely N-dealkylation sites (N-methyl/N-ethyl adjacent to an activating group) is 1. The first kappa shape index (κ1) is 18.0. The van der Waals surface area contributed by atoms with Crippen molar-refractivity contribution < 1.29 is 4.79 Å². The van der Waals surface area contributed by atoms with Crippen molar-refractivity contribution in [2.24, 2.45) is 0 Å². The molecule has 2 aliphatic heterocycles. The average molecular weight is 361 g/mol. The molecule has 140 valence electrons. The fourth-order valence-electron chi connectivity index (χ4n) is 3.89. The molecule has 4 heteroatoms. The van der Waals surface area contributed by atoms with E-state index in [0.717, 1.165) is 68.1 Å². The molecule has 2 aromatic rings. The highest BCUT2D eigenvalue weighted by molar-refractivity contribution is 6.10. The van der Waals surface area contributed by atoms with Crippen LogP contribution in [0.4, 0.5) is 5.69 Å². The molecular weight excluding hydrogens is 334 g/mol. The van der Waals surface area contributed by atoms with Gasteiger partial charge in [-0.05, 0) is 43.3 Å². The van der Waals surface area contributed by atoms with Gasteiger partial charge in [0.1, 0.15) is 0 Å². The number of carbonyl (C=O) groups is 1. The van der Waals surface area contributed by atoms with Crippen molar-refractivity contribution in [1.29, 1.82) is 0 Å². The molecule has 0 aliphatic carbocycles. The number of hydrogen-bond acceptors (Lipinski definition) is 3. The molecule has 1 amide bonds. The quantitative estimate of drug-likeness (QED) is 0.834. The van der Waals surface area contributed by atoms with Crippen molar-refractivity contribution in [3.05, 3.63) is 65.2 Å². The Labute approximate surface area is 161 Å². The second kappa shape index (κ2) is 8.07. The molecule has 0 bridgehead atoms. The fourth-order valence-corrected chi connectivity index (χ4v) is 3.89. The maximum Gasteiger partial charge on any atom is 0.258 e. The minimum Gasteiger partial charge on any atom is -0.308 e. The normalized spacial score (nSPS) is 19.1. The van der Waals surface area contributed by atoms with E-state index in [9.17, 15) is 4.79 Å². The fraction of sp³-hybridized carbons (Fsp3) is 0.348. The number of anilines is 1. The maximum atomic E-state index is 13.3. The van der Waals surface area contributed by atoms with Crippen LogP contribution < -0.4 is 4.90 Å². The zero-order chi connectivity index (χ0) is 18.6. The number of benzene rings is 2. The predicted octanol–water partition coefficient (Wildman–Crippen LogP) is 3.45. The summed E-state index contributed by atoms with van der Waals surface area (Å²) >= 11 is 0. The van der Waals surface area contributed by atoms with E-state index >= 15 is 0 Å². The summed E-state index contributed by atoms with van der Waals surface area (Å²) < 4.78 is 0. The van der Waals surface area contributed by atoms with Gasteiger partial charge in [0, 0.05) is 38.3 Å². The molecule has 0 saturated carbocycles. The molecule has 4 nitrogen and oxygen atoms in total. The molecule has 2 aliphatic rings. The molecule has 0 spiro atoms. The van der Waals surface area contributed by atoms with Crippen LogP contribution in [0.3, 0.4) is 0 Å². The van der Waals surface area contributed by atoms with Crippen LogP contribution >= 0.6 is 0 Å². The van der Waals surface area contributed by atoms with Crippen LogP contribution in [0.15, 0.2) is 48.5 Å². The molecule has 1 saturated heterocycles. The van der Waals surface area contributed by atoms with E-state index in [1.165, 1.54) is 0 Å². The Morgan fingerprint density at radius 1 is 0.815 bits per heavy atom. The molecule has 0 N–H and O–H groups in total. The molecule has 4 rings (SSSR count). The Hall–Kier alpha value is -2.43. The van der Waals surface area contributed by atoms with Crippen molar-refractivity contribution in [2.45, 2.75) is 6.42 Å². The Kier molecular flexibility index (Phi) is 5.37.